The monoisotopic (exact) mass is 299 g/mol. The molecule has 0 aromatic heterocycles. The zero-order valence-electron chi connectivity index (χ0n) is 12.1. The summed E-state index contributed by atoms with van der Waals surface area (Å²) >= 11 is 0. The van der Waals surface area contributed by atoms with Gasteiger partial charge in [-0.3, -0.25) is 0 Å². The summed E-state index contributed by atoms with van der Waals surface area (Å²) in [5.41, 5.74) is -0.904. The fraction of sp³-hybridized carbons (Fsp3) is 0.643. The molecule has 0 amide bonds. The van der Waals surface area contributed by atoms with E-state index in [1.54, 1.807) is 6.92 Å². The van der Waals surface area contributed by atoms with Gasteiger partial charge in [-0.2, -0.15) is 0 Å². The second-order valence-electron chi connectivity index (χ2n) is 5.12. The van der Waals surface area contributed by atoms with Crippen molar-refractivity contribution in [2.24, 2.45) is 0 Å². The number of aliphatic hydroxyl groups is 3. The SMILES string of the molecule is CCCOC(=O)C1=CC2=C(CO[C@H](O)[C@]2(O)CC)[C@H](O)N1. The van der Waals surface area contributed by atoms with Crippen molar-refractivity contribution in [3.8, 4) is 0 Å². The van der Waals surface area contributed by atoms with E-state index in [1.165, 1.54) is 6.08 Å². The number of rotatable bonds is 4. The zero-order valence-corrected chi connectivity index (χ0v) is 12.1. The predicted molar refractivity (Wildman–Crippen MR) is 72.7 cm³/mol. The van der Waals surface area contributed by atoms with Crippen LogP contribution in [0, 0.1) is 0 Å². The molecular weight excluding hydrogens is 278 g/mol. The van der Waals surface area contributed by atoms with E-state index in [0.29, 0.717) is 17.6 Å². The Balaban J connectivity index is 2.36. The molecule has 0 saturated heterocycles. The molecule has 2 aliphatic rings. The number of hydrogen-bond acceptors (Lipinski definition) is 7. The van der Waals surface area contributed by atoms with Gasteiger partial charge in [0.25, 0.3) is 0 Å². The van der Waals surface area contributed by atoms with Gasteiger partial charge in [0.15, 0.2) is 6.29 Å². The number of hydrogen-bond donors (Lipinski definition) is 4. The molecule has 0 fully saturated rings. The molecule has 0 aliphatic carbocycles. The third-order valence-corrected chi connectivity index (χ3v) is 3.72. The molecule has 0 bridgehead atoms. The van der Waals surface area contributed by atoms with E-state index in [2.05, 4.69) is 5.32 Å². The molecular formula is C14H21NO6. The van der Waals surface area contributed by atoms with Crippen LogP contribution in [0.5, 0.6) is 0 Å². The van der Waals surface area contributed by atoms with Gasteiger partial charge in [0.05, 0.1) is 13.2 Å². The predicted octanol–water partition coefficient (Wildman–Crippen LogP) is -0.469. The Morgan fingerprint density at radius 2 is 2.24 bits per heavy atom. The largest absolute Gasteiger partial charge is 0.461 e. The molecule has 2 heterocycles. The van der Waals surface area contributed by atoms with Gasteiger partial charge >= 0.3 is 5.97 Å². The third-order valence-electron chi connectivity index (χ3n) is 3.72. The summed E-state index contributed by atoms with van der Waals surface area (Å²) in [5.74, 6) is -0.609. The van der Waals surface area contributed by atoms with Crippen LogP contribution in [0.3, 0.4) is 0 Å². The lowest BCUT2D eigenvalue weighted by molar-refractivity contribution is -0.205. The summed E-state index contributed by atoms with van der Waals surface area (Å²) in [4.78, 5) is 11.9. The van der Waals surface area contributed by atoms with Gasteiger partial charge in [-0.25, -0.2) is 4.79 Å². The maximum absolute atomic E-state index is 11.9. The van der Waals surface area contributed by atoms with Crippen LogP contribution in [0.4, 0.5) is 0 Å². The number of esters is 1. The van der Waals surface area contributed by atoms with Gasteiger partial charge in [-0.15, -0.1) is 0 Å². The van der Waals surface area contributed by atoms with Crippen LogP contribution < -0.4 is 5.32 Å². The van der Waals surface area contributed by atoms with Gasteiger partial charge in [0.1, 0.15) is 17.5 Å². The molecule has 7 heteroatoms. The highest BCUT2D eigenvalue weighted by molar-refractivity contribution is 5.89. The molecule has 0 aromatic carbocycles. The molecule has 0 spiro atoms. The molecule has 0 unspecified atom stereocenters. The van der Waals surface area contributed by atoms with Crippen LogP contribution in [-0.2, 0) is 14.3 Å². The van der Waals surface area contributed by atoms with Crippen molar-refractivity contribution in [1.29, 1.82) is 0 Å². The van der Waals surface area contributed by atoms with Crippen molar-refractivity contribution in [2.45, 2.75) is 44.8 Å². The first-order valence-corrected chi connectivity index (χ1v) is 7.03. The first-order valence-electron chi connectivity index (χ1n) is 7.03. The second-order valence-corrected chi connectivity index (χ2v) is 5.12. The second kappa shape index (κ2) is 6.15. The van der Waals surface area contributed by atoms with E-state index in [0.717, 1.165) is 0 Å². The molecule has 0 radical (unpaired) electrons. The van der Waals surface area contributed by atoms with Crippen LogP contribution in [0.2, 0.25) is 0 Å². The standard InChI is InChI=1S/C14H21NO6/c1-3-5-20-12(17)10-6-9-8(11(16)15-10)7-21-13(18)14(9,19)4-2/h6,11,13,15-16,18-19H,3-5,7H2,1-2H3/t11-,13-,14-/m0/s1. The van der Waals surface area contributed by atoms with Crippen molar-refractivity contribution in [3.05, 3.63) is 22.9 Å². The summed E-state index contributed by atoms with van der Waals surface area (Å²) in [6.45, 7) is 3.79. The Bertz CT molecular complexity index is 486. The van der Waals surface area contributed by atoms with Crippen LogP contribution >= 0.6 is 0 Å². The Hall–Kier alpha value is -1.41. The maximum Gasteiger partial charge on any atom is 0.354 e. The fourth-order valence-corrected chi connectivity index (χ4v) is 2.42. The number of aliphatic hydroxyl groups excluding tert-OH is 2. The Morgan fingerprint density at radius 3 is 2.86 bits per heavy atom. The third kappa shape index (κ3) is 2.82. The van der Waals surface area contributed by atoms with E-state index < -0.39 is 24.1 Å². The van der Waals surface area contributed by atoms with Crippen LogP contribution in [0.25, 0.3) is 0 Å². The lowest BCUT2D eigenvalue weighted by Crippen LogP contribution is -2.53. The Morgan fingerprint density at radius 1 is 1.52 bits per heavy atom. The number of carbonyl (C=O) groups excluding carboxylic acids is 1. The first kappa shape index (κ1) is 16.0. The minimum absolute atomic E-state index is 0.0270. The highest BCUT2D eigenvalue weighted by Crippen LogP contribution is 2.37. The topological polar surface area (TPSA) is 108 Å². The van der Waals surface area contributed by atoms with Crippen LogP contribution in [0.15, 0.2) is 22.9 Å². The summed E-state index contributed by atoms with van der Waals surface area (Å²) in [6.07, 6.45) is -0.306. The van der Waals surface area contributed by atoms with E-state index in [9.17, 15) is 20.1 Å². The van der Waals surface area contributed by atoms with Crippen molar-refractivity contribution in [1.82, 2.24) is 5.32 Å². The molecule has 2 aliphatic heterocycles. The van der Waals surface area contributed by atoms with Gasteiger partial charge < -0.3 is 30.1 Å². The van der Waals surface area contributed by atoms with Crippen molar-refractivity contribution < 1.29 is 29.6 Å². The highest BCUT2D eigenvalue weighted by Gasteiger charge is 2.46. The fourth-order valence-electron chi connectivity index (χ4n) is 2.42. The first-order chi connectivity index (χ1) is 9.93. The number of nitrogens with one attached hydrogen (secondary N) is 1. The number of carbonyl (C=O) groups is 1. The zero-order chi connectivity index (χ0) is 15.6. The molecule has 4 N–H and O–H groups in total. The minimum Gasteiger partial charge on any atom is -0.461 e. The Kier molecular flexibility index (Phi) is 4.67. The molecule has 7 nitrogen and oxygen atoms in total. The summed E-state index contributed by atoms with van der Waals surface area (Å²) in [7, 11) is 0. The smallest absolute Gasteiger partial charge is 0.354 e. The van der Waals surface area contributed by atoms with Gasteiger partial charge in [0, 0.05) is 5.57 Å². The van der Waals surface area contributed by atoms with E-state index in [1.807, 2.05) is 6.92 Å². The van der Waals surface area contributed by atoms with Crippen molar-refractivity contribution >= 4 is 5.97 Å². The van der Waals surface area contributed by atoms with Crippen LogP contribution in [0.1, 0.15) is 26.7 Å². The van der Waals surface area contributed by atoms with Gasteiger partial charge in [-0.05, 0) is 24.5 Å². The molecule has 0 saturated carbocycles. The summed E-state index contributed by atoms with van der Waals surface area (Å²) in [6, 6.07) is 0. The molecule has 21 heavy (non-hydrogen) atoms. The normalized spacial score (nSPS) is 32.1. The van der Waals surface area contributed by atoms with E-state index in [4.69, 9.17) is 9.47 Å². The number of ether oxygens (including phenoxy) is 2. The van der Waals surface area contributed by atoms with Crippen molar-refractivity contribution in [2.75, 3.05) is 13.2 Å². The summed E-state index contributed by atoms with van der Waals surface area (Å²) in [5, 5.41) is 33.1. The average molecular weight is 299 g/mol. The summed E-state index contributed by atoms with van der Waals surface area (Å²) < 4.78 is 10.1. The highest BCUT2D eigenvalue weighted by atomic mass is 16.6. The lowest BCUT2D eigenvalue weighted by Gasteiger charge is -2.41. The minimum atomic E-state index is -1.66. The van der Waals surface area contributed by atoms with Crippen molar-refractivity contribution in [3.63, 3.8) is 0 Å². The molecule has 2 rings (SSSR count). The average Bonchev–Trinajstić information content (AvgIpc) is 2.48. The lowest BCUT2D eigenvalue weighted by atomic mass is 9.82. The molecule has 3 atom stereocenters. The van der Waals surface area contributed by atoms with E-state index in [-0.39, 0.29) is 25.3 Å². The number of dihydropyridines is 1. The quantitative estimate of drug-likeness (QED) is 0.520. The van der Waals surface area contributed by atoms with E-state index >= 15 is 0 Å². The van der Waals surface area contributed by atoms with Crippen LogP contribution in [-0.4, -0.2) is 52.6 Å². The van der Waals surface area contributed by atoms with Gasteiger partial charge in [-0.1, -0.05) is 13.8 Å². The molecule has 118 valence electrons. The van der Waals surface area contributed by atoms with Gasteiger partial charge in [0.2, 0.25) is 0 Å². The Labute approximate surface area is 122 Å². The molecule has 0 aromatic rings. The maximum atomic E-state index is 11.9.